The normalized spacial score (nSPS) is 11.9. The molecule has 0 saturated heterocycles. The molecule has 56 heavy (non-hydrogen) atoms. The second-order valence-electron chi connectivity index (χ2n) is 17.4. The Balaban J connectivity index is 1.48. The van der Waals surface area contributed by atoms with Crippen molar-refractivity contribution in [1.82, 2.24) is 0 Å². The lowest BCUT2D eigenvalue weighted by Crippen LogP contribution is -2.19. The number of benzene rings is 8. The third kappa shape index (κ3) is 7.32. The lowest BCUT2D eigenvalue weighted by Gasteiger charge is -2.35. The summed E-state index contributed by atoms with van der Waals surface area (Å²) in [7, 11) is 0. The number of rotatable bonds is 7. The van der Waals surface area contributed by atoms with E-state index in [4.69, 9.17) is 0 Å². The lowest BCUT2D eigenvalue weighted by molar-refractivity contribution is 0.590. The molecule has 2 heteroatoms. The third-order valence-electron chi connectivity index (χ3n) is 11.0. The molecule has 8 aromatic rings. The quantitative estimate of drug-likeness (QED) is 0.151. The van der Waals surface area contributed by atoms with E-state index in [0.717, 1.165) is 39.7 Å². The molecule has 0 aliphatic carbocycles. The van der Waals surface area contributed by atoms with Crippen molar-refractivity contribution in [3.63, 3.8) is 0 Å². The molecule has 8 rings (SSSR count). The number of hydrogen-bond donors (Lipinski definition) is 0. The standard InChI is InChI=1S/C54H52N2/c1-37-18-25-46(26-19-37)55(48-30-23-44(24-31-48)53(3,4)5)50-35-45(54(6,7)8)36-51(52(50)39-14-10-9-11-15-39)56(47-27-20-38(2)21-28-47)49-29-22-42-32-40-16-12-13-17-41(40)33-43(42)34-49/h9-36H,1-8H3. The Morgan fingerprint density at radius 2 is 0.750 bits per heavy atom. The molecule has 0 N–H and O–H groups in total. The summed E-state index contributed by atoms with van der Waals surface area (Å²) in [5.74, 6) is 0. The minimum atomic E-state index is -0.144. The van der Waals surface area contributed by atoms with Gasteiger partial charge in [-0.1, -0.05) is 150 Å². The summed E-state index contributed by atoms with van der Waals surface area (Å²) in [6, 6.07) is 63.2. The Kier molecular flexibility index (Phi) is 9.54. The van der Waals surface area contributed by atoms with Crippen LogP contribution < -0.4 is 9.80 Å². The van der Waals surface area contributed by atoms with Gasteiger partial charge in [0.05, 0.1) is 11.4 Å². The van der Waals surface area contributed by atoms with Crippen molar-refractivity contribution < 1.29 is 0 Å². The summed E-state index contributed by atoms with van der Waals surface area (Å²) >= 11 is 0. The maximum Gasteiger partial charge on any atom is 0.0564 e. The van der Waals surface area contributed by atoms with Crippen LogP contribution in [-0.2, 0) is 10.8 Å². The van der Waals surface area contributed by atoms with Crippen molar-refractivity contribution in [3.8, 4) is 11.1 Å². The Morgan fingerprint density at radius 3 is 1.25 bits per heavy atom. The predicted molar refractivity (Wildman–Crippen MR) is 243 cm³/mol. The van der Waals surface area contributed by atoms with Crippen LogP contribution in [-0.4, -0.2) is 0 Å². The van der Waals surface area contributed by atoms with Gasteiger partial charge in [-0.15, -0.1) is 0 Å². The molecule has 0 aliphatic heterocycles. The fraction of sp³-hybridized carbons (Fsp3) is 0.185. The molecule has 0 fully saturated rings. The third-order valence-corrected chi connectivity index (χ3v) is 11.0. The van der Waals surface area contributed by atoms with E-state index in [1.54, 1.807) is 0 Å². The number of nitrogens with zero attached hydrogens (tertiary/aromatic N) is 2. The van der Waals surface area contributed by atoms with Crippen LogP contribution in [0.4, 0.5) is 34.1 Å². The van der Waals surface area contributed by atoms with Crippen molar-refractivity contribution in [1.29, 1.82) is 0 Å². The molecular weight excluding hydrogens is 677 g/mol. The number of anilines is 6. The average molecular weight is 729 g/mol. The maximum atomic E-state index is 2.48. The molecule has 0 saturated carbocycles. The molecule has 0 spiro atoms. The van der Waals surface area contributed by atoms with Gasteiger partial charge >= 0.3 is 0 Å². The zero-order chi connectivity index (χ0) is 39.2. The van der Waals surface area contributed by atoms with E-state index in [9.17, 15) is 0 Å². The van der Waals surface area contributed by atoms with Crippen LogP contribution in [0, 0.1) is 13.8 Å². The highest BCUT2D eigenvalue weighted by Gasteiger charge is 2.28. The molecule has 0 bridgehead atoms. The SMILES string of the molecule is Cc1ccc(N(c2ccc(C(C)(C)C)cc2)c2cc(C(C)(C)C)cc(N(c3ccc(C)cc3)c3ccc4cc5ccccc5cc4c3)c2-c2ccccc2)cc1. The van der Waals surface area contributed by atoms with Crippen LogP contribution in [0.25, 0.3) is 32.7 Å². The average Bonchev–Trinajstić information content (AvgIpc) is 3.18. The van der Waals surface area contributed by atoms with Crippen molar-refractivity contribution in [3.05, 3.63) is 192 Å². The predicted octanol–water partition coefficient (Wildman–Crippen LogP) is 15.8. The molecule has 278 valence electrons. The van der Waals surface area contributed by atoms with Crippen LogP contribution >= 0.6 is 0 Å². The summed E-state index contributed by atoms with van der Waals surface area (Å²) < 4.78 is 0. The van der Waals surface area contributed by atoms with Crippen LogP contribution in [0.2, 0.25) is 0 Å². The molecule has 0 aromatic heterocycles. The lowest BCUT2D eigenvalue weighted by atomic mass is 9.83. The van der Waals surface area contributed by atoms with E-state index >= 15 is 0 Å². The largest absolute Gasteiger partial charge is 0.310 e. The minimum Gasteiger partial charge on any atom is -0.310 e. The van der Waals surface area contributed by atoms with Gasteiger partial charge in [0.15, 0.2) is 0 Å². The number of hydrogen-bond acceptors (Lipinski definition) is 2. The molecule has 8 aromatic carbocycles. The fourth-order valence-electron chi connectivity index (χ4n) is 7.72. The van der Waals surface area contributed by atoms with Gasteiger partial charge in [-0.25, -0.2) is 0 Å². The molecule has 0 heterocycles. The van der Waals surface area contributed by atoms with E-state index in [0.29, 0.717) is 0 Å². The second-order valence-corrected chi connectivity index (χ2v) is 17.4. The van der Waals surface area contributed by atoms with E-state index in [2.05, 4.69) is 235 Å². The monoisotopic (exact) mass is 728 g/mol. The highest BCUT2D eigenvalue weighted by molar-refractivity contribution is 6.03. The zero-order valence-electron chi connectivity index (χ0n) is 34.1. The fourth-order valence-corrected chi connectivity index (χ4v) is 7.72. The first-order valence-corrected chi connectivity index (χ1v) is 19.8. The van der Waals surface area contributed by atoms with Crippen molar-refractivity contribution in [2.45, 2.75) is 66.2 Å². The van der Waals surface area contributed by atoms with Gasteiger partial charge in [-0.05, 0) is 136 Å². The van der Waals surface area contributed by atoms with Gasteiger partial charge in [0, 0.05) is 28.3 Å². The van der Waals surface area contributed by atoms with Crippen LogP contribution in [0.15, 0.2) is 170 Å². The summed E-state index contributed by atoms with van der Waals surface area (Å²) in [5.41, 5.74) is 14.0. The van der Waals surface area contributed by atoms with E-state index < -0.39 is 0 Å². The Labute approximate surface area is 333 Å². The highest BCUT2D eigenvalue weighted by atomic mass is 15.2. The topological polar surface area (TPSA) is 6.48 Å². The minimum absolute atomic E-state index is 0.0441. The van der Waals surface area contributed by atoms with Crippen LogP contribution in [0.3, 0.4) is 0 Å². The van der Waals surface area contributed by atoms with E-state index in [1.807, 2.05) is 0 Å². The van der Waals surface area contributed by atoms with Gasteiger partial charge in [0.25, 0.3) is 0 Å². The molecule has 0 amide bonds. The summed E-state index contributed by atoms with van der Waals surface area (Å²) in [6.45, 7) is 18.1. The molecule has 0 radical (unpaired) electrons. The van der Waals surface area contributed by atoms with Gasteiger partial charge < -0.3 is 9.80 Å². The van der Waals surface area contributed by atoms with Crippen molar-refractivity contribution >= 4 is 55.7 Å². The first kappa shape index (κ1) is 36.8. The summed E-state index contributed by atoms with van der Waals surface area (Å²) in [4.78, 5) is 4.94. The Hall–Kier alpha value is -6.12. The van der Waals surface area contributed by atoms with Crippen LogP contribution in [0.1, 0.15) is 63.8 Å². The van der Waals surface area contributed by atoms with E-state index in [-0.39, 0.29) is 10.8 Å². The van der Waals surface area contributed by atoms with E-state index in [1.165, 1.54) is 49.4 Å². The van der Waals surface area contributed by atoms with Crippen LogP contribution in [0.5, 0.6) is 0 Å². The zero-order valence-corrected chi connectivity index (χ0v) is 34.1. The Morgan fingerprint density at radius 1 is 0.339 bits per heavy atom. The smallest absolute Gasteiger partial charge is 0.0564 e. The van der Waals surface area contributed by atoms with Crippen molar-refractivity contribution in [2.24, 2.45) is 0 Å². The molecule has 0 unspecified atom stereocenters. The molecule has 2 nitrogen and oxygen atoms in total. The van der Waals surface area contributed by atoms with Gasteiger partial charge in [0.2, 0.25) is 0 Å². The number of aryl methyl sites for hydroxylation is 2. The first-order valence-electron chi connectivity index (χ1n) is 19.8. The molecular formula is C54H52N2. The van der Waals surface area contributed by atoms with Gasteiger partial charge in [-0.3, -0.25) is 0 Å². The number of fused-ring (bicyclic) bond motifs is 2. The highest BCUT2D eigenvalue weighted by Crippen LogP contribution is 2.51. The van der Waals surface area contributed by atoms with Gasteiger partial charge in [0.1, 0.15) is 0 Å². The first-order chi connectivity index (χ1) is 26.8. The van der Waals surface area contributed by atoms with Crippen molar-refractivity contribution in [2.75, 3.05) is 9.80 Å². The summed E-state index contributed by atoms with van der Waals surface area (Å²) in [6.07, 6.45) is 0. The maximum absolute atomic E-state index is 2.48. The molecule has 0 atom stereocenters. The second kappa shape index (κ2) is 14.5. The molecule has 0 aliphatic rings. The Bertz CT molecular complexity index is 2640. The summed E-state index contributed by atoms with van der Waals surface area (Å²) in [5, 5.41) is 4.94. The van der Waals surface area contributed by atoms with Gasteiger partial charge in [-0.2, -0.15) is 0 Å².